The van der Waals surface area contributed by atoms with Crippen molar-refractivity contribution in [3.8, 4) is 11.1 Å². The van der Waals surface area contributed by atoms with Crippen molar-refractivity contribution in [2.75, 3.05) is 20.1 Å². The fourth-order valence-electron chi connectivity index (χ4n) is 4.12. The number of benzene rings is 2. The predicted octanol–water partition coefficient (Wildman–Crippen LogP) is 3.82. The van der Waals surface area contributed by atoms with Gasteiger partial charge in [0.1, 0.15) is 0 Å². The normalized spacial score (nSPS) is 17.3. The number of nitrogens with one attached hydrogen (secondary N) is 1. The molecule has 0 spiro atoms. The third kappa shape index (κ3) is 3.79. The number of nitrogens with zero attached hydrogens (tertiary/aromatic N) is 1. The summed E-state index contributed by atoms with van der Waals surface area (Å²) in [6.45, 7) is 1.96. The Morgan fingerprint density at radius 2 is 1.96 bits per heavy atom. The van der Waals surface area contributed by atoms with E-state index in [1.807, 2.05) is 11.9 Å². The molecule has 0 aromatic heterocycles. The molecule has 1 saturated heterocycles. The monoisotopic (exact) mass is 370 g/mol. The summed E-state index contributed by atoms with van der Waals surface area (Å²) in [5.74, 6) is 0.278. The molecule has 0 bridgehead atoms. The molecule has 2 aromatic rings. The Kier molecular flexibility index (Phi) is 6.00. The number of hydrogen-bond donors (Lipinski definition) is 1. The van der Waals surface area contributed by atoms with Crippen molar-refractivity contribution in [2.24, 2.45) is 0 Å². The number of halogens is 1. The molecular weight excluding hydrogens is 344 g/mol. The maximum Gasteiger partial charge on any atom is 0.222 e. The Labute approximate surface area is 162 Å². The summed E-state index contributed by atoms with van der Waals surface area (Å²) in [5, 5.41) is 3.33. The van der Waals surface area contributed by atoms with Crippen LogP contribution in [0, 0.1) is 0 Å². The van der Waals surface area contributed by atoms with Crippen LogP contribution < -0.4 is 5.32 Å². The molecule has 1 N–H and O–H groups in total. The average molecular weight is 371 g/mol. The molecule has 2 aromatic carbocycles. The van der Waals surface area contributed by atoms with Crippen molar-refractivity contribution in [1.29, 1.82) is 0 Å². The van der Waals surface area contributed by atoms with Gasteiger partial charge in [-0.1, -0.05) is 42.5 Å². The minimum absolute atomic E-state index is 0. The van der Waals surface area contributed by atoms with Gasteiger partial charge in [0.25, 0.3) is 0 Å². The number of carbonyl (C=O) groups excluding carboxylic acids is 1. The van der Waals surface area contributed by atoms with Crippen LogP contribution in [0.15, 0.2) is 42.5 Å². The fourth-order valence-corrected chi connectivity index (χ4v) is 4.12. The molecule has 1 unspecified atom stereocenters. The van der Waals surface area contributed by atoms with Gasteiger partial charge in [-0.2, -0.15) is 0 Å². The molecule has 1 heterocycles. The number of likely N-dealkylation sites (N-methyl/N-ethyl adjacent to an activating group) is 1. The van der Waals surface area contributed by atoms with E-state index in [-0.39, 0.29) is 18.3 Å². The zero-order valence-electron chi connectivity index (χ0n) is 15.3. The van der Waals surface area contributed by atoms with E-state index in [9.17, 15) is 4.79 Å². The van der Waals surface area contributed by atoms with E-state index in [4.69, 9.17) is 0 Å². The molecule has 1 amide bonds. The average Bonchev–Trinajstić information content (AvgIpc) is 3.28. The maximum atomic E-state index is 12.4. The first kappa shape index (κ1) is 18.9. The molecule has 26 heavy (non-hydrogen) atoms. The van der Waals surface area contributed by atoms with Crippen molar-refractivity contribution in [1.82, 2.24) is 10.2 Å². The van der Waals surface area contributed by atoms with E-state index < -0.39 is 0 Å². The van der Waals surface area contributed by atoms with Gasteiger partial charge in [0.15, 0.2) is 0 Å². The summed E-state index contributed by atoms with van der Waals surface area (Å²) in [6.07, 6.45) is 4.65. The zero-order chi connectivity index (χ0) is 17.2. The van der Waals surface area contributed by atoms with Crippen LogP contribution in [0.3, 0.4) is 0 Å². The van der Waals surface area contributed by atoms with Crippen molar-refractivity contribution in [3.05, 3.63) is 59.2 Å². The molecule has 2 aliphatic rings. The van der Waals surface area contributed by atoms with Crippen LogP contribution in [0.4, 0.5) is 0 Å². The van der Waals surface area contributed by atoms with E-state index >= 15 is 0 Å². The van der Waals surface area contributed by atoms with Gasteiger partial charge in [0.2, 0.25) is 5.91 Å². The van der Waals surface area contributed by atoms with Crippen LogP contribution in [-0.4, -0.2) is 37.0 Å². The SMILES string of the molecule is CN(C(=O)CCCc1ccc2c(c1)-c1ccccc1C2)C1CCNC1.Cl. The van der Waals surface area contributed by atoms with Gasteiger partial charge in [0.05, 0.1) is 0 Å². The van der Waals surface area contributed by atoms with Gasteiger partial charge in [-0.15, -0.1) is 12.4 Å². The molecule has 4 rings (SSSR count). The first-order valence-corrected chi connectivity index (χ1v) is 9.39. The summed E-state index contributed by atoms with van der Waals surface area (Å²) < 4.78 is 0. The molecule has 4 heteroatoms. The molecule has 0 radical (unpaired) electrons. The van der Waals surface area contributed by atoms with Crippen LogP contribution in [0.2, 0.25) is 0 Å². The first-order valence-electron chi connectivity index (χ1n) is 9.39. The van der Waals surface area contributed by atoms with Gasteiger partial charge >= 0.3 is 0 Å². The third-order valence-corrected chi connectivity index (χ3v) is 5.69. The van der Waals surface area contributed by atoms with Crippen LogP contribution >= 0.6 is 12.4 Å². The van der Waals surface area contributed by atoms with Gasteiger partial charge in [0, 0.05) is 26.1 Å². The van der Waals surface area contributed by atoms with Crippen LogP contribution in [0.25, 0.3) is 11.1 Å². The quantitative estimate of drug-likeness (QED) is 0.740. The van der Waals surface area contributed by atoms with Crippen LogP contribution in [0.1, 0.15) is 36.0 Å². The number of carbonyl (C=O) groups is 1. The van der Waals surface area contributed by atoms with E-state index in [1.165, 1.54) is 27.8 Å². The number of fused-ring (bicyclic) bond motifs is 3. The topological polar surface area (TPSA) is 32.3 Å². The smallest absolute Gasteiger partial charge is 0.222 e. The number of rotatable bonds is 5. The Morgan fingerprint density at radius 3 is 2.77 bits per heavy atom. The van der Waals surface area contributed by atoms with Crippen molar-refractivity contribution in [3.63, 3.8) is 0 Å². The van der Waals surface area contributed by atoms with Gasteiger partial charge in [-0.25, -0.2) is 0 Å². The highest BCUT2D eigenvalue weighted by molar-refractivity contribution is 5.85. The minimum Gasteiger partial charge on any atom is -0.341 e. The van der Waals surface area contributed by atoms with E-state index in [0.29, 0.717) is 12.5 Å². The van der Waals surface area contributed by atoms with Crippen LogP contribution in [-0.2, 0) is 17.6 Å². The second-order valence-electron chi connectivity index (χ2n) is 7.33. The first-order chi connectivity index (χ1) is 12.2. The Balaban J connectivity index is 0.00000196. The molecule has 1 fully saturated rings. The molecule has 1 atom stereocenters. The van der Waals surface area contributed by atoms with E-state index in [1.54, 1.807) is 0 Å². The number of amides is 1. The number of hydrogen-bond acceptors (Lipinski definition) is 2. The van der Waals surface area contributed by atoms with Crippen molar-refractivity contribution in [2.45, 2.75) is 38.1 Å². The highest BCUT2D eigenvalue weighted by Crippen LogP contribution is 2.37. The fraction of sp³-hybridized carbons (Fsp3) is 0.409. The van der Waals surface area contributed by atoms with E-state index in [2.05, 4.69) is 47.8 Å². The highest BCUT2D eigenvalue weighted by Gasteiger charge is 2.22. The lowest BCUT2D eigenvalue weighted by Crippen LogP contribution is -2.38. The van der Waals surface area contributed by atoms with Gasteiger partial charge in [-0.3, -0.25) is 4.79 Å². The second-order valence-corrected chi connectivity index (χ2v) is 7.33. The minimum atomic E-state index is 0. The Bertz CT molecular complexity index is 783. The lowest BCUT2D eigenvalue weighted by Gasteiger charge is -2.23. The lowest BCUT2D eigenvalue weighted by molar-refractivity contribution is -0.131. The molecular formula is C22H27ClN2O. The molecule has 1 aliphatic heterocycles. The predicted molar refractivity (Wildman–Crippen MR) is 109 cm³/mol. The van der Waals surface area contributed by atoms with Gasteiger partial charge < -0.3 is 10.2 Å². The molecule has 1 aliphatic carbocycles. The lowest BCUT2D eigenvalue weighted by atomic mass is 10.00. The third-order valence-electron chi connectivity index (χ3n) is 5.69. The van der Waals surface area contributed by atoms with Gasteiger partial charge in [-0.05, 0) is 60.0 Å². The van der Waals surface area contributed by atoms with Crippen LogP contribution in [0.5, 0.6) is 0 Å². The second kappa shape index (κ2) is 8.24. The number of aryl methyl sites for hydroxylation is 1. The molecule has 0 saturated carbocycles. The standard InChI is InChI=1S/C22H26N2O.ClH/c1-24(19-11-12-23-15-19)22(25)8-4-5-16-9-10-18-14-17-6-2-3-7-20(17)21(18)13-16;/h2-3,6-7,9-10,13,19,23H,4-5,8,11-12,14-15H2,1H3;1H. The summed E-state index contributed by atoms with van der Waals surface area (Å²) in [5.41, 5.74) is 6.96. The highest BCUT2D eigenvalue weighted by atomic mass is 35.5. The zero-order valence-corrected chi connectivity index (χ0v) is 16.1. The van der Waals surface area contributed by atoms with E-state index in [0.717, 1.165) is 38.8 Å². The summed E-state index contributed by atoms with van der Waals surface area (Å²) in [6, 6.07) is 15.9. The summed E-state index contributed by atoms with van der Waals surface area (Å²) in [4.78, 5) is 14.3. The molecule has 3 nitrogen and oxygen atoms in total. The Morgan fingerprint density at radius 1 is 1.15 bits per heavy atom. The van der Waals surface area contributed by atoms with Crippen molar-refractivity contribution >= 4 is 18.3 Å². The largest absolute Gasteiger partial charge is 0.341 e. The Hall–Kier alpha value is -1.84. The summed E-state index contributed by atoms with van der Waals surface area (Å²) >= 11 is 0. The van der Waals surface area contributed by atoms with Crippen molar-refractivity contribution < 1.29 is 4.79 Å². The molecule has 138 valence electrons. The summed E-state index contributed by atoms with van der Waals surface area (Å²) in [7, 11) is 1.95. The maximum absolute atomic E-state index is 12.4.